The third-order valence-electron chi connectivity index (χ3n) is 3.28. The highest BCUT2D eigenvalue weighted by molar-refractivity contribution is 5.73. The van der Waals surface area contributed by atoms with Gasteiger partial charge in [0.15, 0.2) is 0 Å². The van der Waals surface area contributed by atoms with Gasteiger partial charge in [-0.15, -0.1) is 0 Å². The maximum atomic E-state index is 11.1. The van der Waals surface area contributed by atoms with E-state index >= 15 is 0 Å². The average Bonchev–Trinajstić information content (AvgIpc) is 2.29. The van der Waals surface area contributed by atoms with Gasteiger partial charge in [-0.2, -0.15) is 0 Å². The Hall–Kier alpha value is -1.51. The molecule has 1 saturated heterocycles. The first-order chi connectivity index (χ1) is 8.16. The van der Waals surface area contributed by atoms with Crippen LogP contribution in [0.5, 0.6) is 0 Å². The van der Waals surface area contributed by atoms with Crippen molar-refractivity contribution in [1.82, 2.24) is 5.32 Å². The molecule has 3 heteroatoms. The minimum Gasteiger partial charge on any atom is -0.369 e. The van der Waals surface area contributed by atoms with E-state index in [1.165, 1.54) is 11.3 Å². The van der Waals surface area contributed by atoms with Crippen molar-refractivity contribution in [2.75, 3.05) is 18.0 Å². The van der Waals surface area contributed by atoms with Crippen molar-refractivity contribution in [3.8, 4) is 0 Å². The lowest BCUT2D eigenvalue weighted by Crippen LogP contribution is -2.47. The molecule has 0 bridgehead atoms. The number of carbonyl (C=O) groups is 1. The Morgan fingerprint density at radius 1 is 1.41 bits per heavy atom. The van der Waals surface area contributed by atoms with E-state index in [0.717, 1.165) is 25.9 Å². The topological polar surface area (TPSA) is 32.3 Å². The maximum Gasteiger partial charge on any atom is 0.217 e. The van der Waals surface area contributed by atoms with Crippen LogP contribution in [0.15, 0.2) is 24.3 Å². The SMILES string of the molecule is CC(=O)NC1CCCN(c2ccccc2C)C1. The molecule has 1 amide bonds. The Morgan fingerprint density at radius 2 is 2.18 bits per heavy atom. The van der Waals surface area contributed by atoms with Crippen LogP contribution in [0.25, 0.3) is 0 Å². The monoisotopic (exact) mass is 232 g/mol. The van der Waals surface area contributed by atoms with Gasteiger partial charge in [0.05, 0.1) is 0 Å². The standard InChI is InChI=1S/C14H20N2O/c1-11-6-3-4-8-14(11)16-9-5-7-13(10-16)15-12(2)17/h3-4,6,8,13H,5,7,9-10H2,1-2H3,(H,15,17). The largest absolute Gasteiger partial charge is 0.369 e. The highest BCUT2D eigenvalue weighted by Gasteiger charge is 2.21. The summed E-state index contributed by atoms with van der Waals surface area (Å²) in [4.78, 5) is 13.5. The first-order valence-electron chi connectivity index (χ1n) is 6.24. The van der Waals surface area contributed by atoms with Crippen molar-refractivity contribution in [2.24, 2.45) is 0 Å². The number of amides is 1. The molecular weight excluding hydrogens is 212 g/mol. The van der Waals surface area contributed by atoms with E-state index in [9.17, 15) is 4.79 Å². The van der Waals surface area contributed by atoms with Crippen molar-refractivity contribution in [3.63, 3.8) is 0 Å². The lowest BCUT2D eigenvalue weighted by Gasteiger charge is -2.35. The van der Waals surface area contributed by atoms with E-state index in [-0.39, 0.29) is 5.91 Å². The molecular formula is C14H20N2O. The Bertz CT molecular complexity index is 403. The zero-order chi connectivity index (χ0) is 12.3. The van der Waals surface area contributed by atoms with E-state index in [0.29, 0.717) is 6.04 Å². The van der Waals surface area contributed by atoms with Crippen LogP contribution in [0, 0.1) is 6.92 Å². The minimum absolute atomic E-state index is 0.0710. The fourth-order valence-electron chi connectivity index (χ4n) is 2.52. The molecule has 3 nitrogen and oxygen atoms in total. The molecule has 92 valence electrons. The zero-order valence-corrected chi connectivity index (χ0v) is 10.6. The number of rotatable bonds is 2. The minimum atomic E-state index is 0.0710. The molecule has 0 aromatic heterocycles. The zero-order valence-electron chi connectivity index (χ0n) is 10.6. The predicted molar refractivity (Wildman–Crippen MR) is 70.2 cm³/mol. The smallest absolute Gasteiger partial charge is 0.217 e. The van der Waals surface area contributed by atoms with Gasteiger partial charge in [0.2, 0.25) is 5.91 Å². The second-order valence-electron chi connectivity index (χ2n) is 4.77. The van der Waals surface area contributed by atoms with E-state index in [1.807, 2.05) is 0 Å². The van der Waals surface area contributed by atoms with Crippen molar-refractivity contribution in [2.45, 2.75) is 32.7 Å². The highest BCUT2D eigenvalue weighted by Crippen LogP contribution is 2.23. The molecule has 1 unspecified atom stereocenters. The molecule has 1 aromatic carbocycles. The Morgan fingerprint density at radius 3 is 2.88 bits per heavy atom. The molecule has 1 aliphatic heterocycles. The van der Waals surface area contributed by atoms with Crippen LogP contribution in [0.1, 0.15) is 25.3 Å². The summed E-state index contributed by atoms with van der Waals surface area (Å²) in [5, 5.41) is 3.02. The molecule has 1 aromatic rings. The van der Waals surface area contributed by atoms with Crippen LogP contribution in [0.2, 0.25) is 0 Å². The Balaban J connectivity index is 2.07. The summed E-state index contributed by atoms with van der Waals surface area (Å²) >= 11 is 0. The average molecular weight is 232 g/mol. The van der Waals surface area contributed by atoms with Gasteiger partial charge in [0.25, 0.3) is 0 Å². The number of aryl methyl sites for hydroxylation is 1. The number of para-hydroxylation sites is 1. The molecule has 2 rings (SSSR count). The Kier molecular flexibility index (Phi) is 3.67. The summed E-state index contributed by atoms with van der Waals surface area (Å²) in [6.45, 7) is 5.73. The molecule has 1 N–H and O–H groups in total. The summed E-state index contributed by atoms with van der Waals surface area (Å²) in [5.41, 5.74) is 2.60. The van der Waals surface area contributed by atoms with Crippen molar-refractivity contribution in [1.29, 1.82) is 0 Å². The molecule has 1 atom stereocenters. The first-order valence-corrected chi connectivity index (χ1v) is 6.24. The summed E-state index contributed by atoms with van der Waals surface area (Å²) in [5.74, 6) is 0.0710. The molecule has 0 saturated carbocycles. The molecule has 1 fully saturated rings. The third-order valence-corrected chi connectivity index (χ3v) is 3.28. The van der Waals surface area contributed by atoms with E-state index < -0.39 is 0 Å². The van der Waals surface area contributed by atoms with Gasteiger partial charge in [-0.3, -0.25) is 4.79 Å². The normalized spacial score (nSPS) is 20.1. The van der Waals surface area contributed by atoms with Crippen LogP contribution in [-0.4, -0.2) is 25.0 Å². The van der Waals surface area contributed by atoms with Gasteiger partial charge >= 0.3 is 0 Å². The number of hydrogen-bond acceptors (Lipinski definition) is 2. The van der Waals surface area contributed by atoms with Crippen molar-refractivity contribution < 1.29 is 4.79 Å². The van der Waals surface area contributed by atoms with Gasteiger partial charge in [-0.1, -0.05) is 18.2 Å². The first kappa shape index (κ1) is 12.0. The van der Waals surface area contributed by atoms with Crippen molar-refractivity contribution in [3.05, 3.63) is 29.8 Å². The molecule has 0 aliphatic carbocycles. The summed E-state index contributed by atoms with van der Waals surface area (Å²) in [7, 11) is 0. The summed E-state index contributed by atoms with van der Waals surface area (Å²) < 4.78 is 0. The number of hydrogen-bond donors (Lipinski definition) is 1. The van der Waals surface area contributed by atoms with Gasteiger partial charge in [-0.05, 0) is 31.4 Å². The molecule has 1 heterocycles. The molecule has 0 spiro atoms. The number of benzene rings is 1. The second-order valence-corrected chi connectivity index (χ2v) is 4.77. The number of piperidine rings is 1. The summed E-state index contributed by atoms with van der Waals surface area (Å²) in [6, 6.07) is 8.72. The molecule has 1 aliphatic rings. The van der Waals surface area contributed by atoms with Gasteiger partial charge in [0, 0.05) is 31.7 Å². The van der Waals surface area contributed by atoms with Gasteiger partial charge < -0.3 is 10.2 Å². The van der Waals surface area contributed by atoms with Crippen LogP contribution in [0.4, 0.5) is 5.69 Å². The summed E-state index contributed by atoms with van der Waals surface area (Å²) in [6.07, 6.45) is 2.22. The highest BCUT2D eigenvalue weighted by atomic mass is 16.1. The Labute approximate surface area is 103 Å². The van der Waals surface area contributed by atoms with E-state index in [1.54, 1.807) is 6.92 Å². The lowest BCUT2D eigenvalue weighted by atomic mass is 10.0. The number of carbonyl (C=O) groups excluding carboxylic acids is 1. The molecule has 17 heavy (non-hydrogen) atoms. The fourth-order valence-corrected chi connectivity index (χ4v) is 2.52. The van der Waals surface area contributed by atoms with Crippen LogP contribution < -0.4 is 10.2 Å². The van der Waals surface area contributed by atoms with Gasteiger partial charge in [0.1, 0.15) is 0 Å². The second kappa shape index (κ2) is 5.21. The lowest BCUT2D eigenvalue weighted by molar-refractivity contribution is -0.119. The van der Waals surface area contributed by atoms with Crippen LogP contribution in [-0.2, 0) is 4.79 Å². The van der Waals surface area contributed by atoms with E-state index in [2.05, 4.69) is 41.4 Å². The van der Waals surface area contributed by atoms with E-state index in [4.69, 9.17) is 0 Å². The van der Waals surface area contributed by atoms with Gasteiger partial charge in [-0.25, -0.2) is 0 Å². The maximum absolute atomic E-state index is 11.1. The number of anilines is 1. The quantitative estimate of drug-likeness (QED) is 0.847. The third kappa shape index (κ3) is 2.99. The van der Waals surface area contributed by atoms with Crippen LogP contribution >= 0.6 is 0 Å². The fraction of sp³-hybridized carbons (Fsp3) is 0.500. The number of nitrogens with zero attached hydrogens (tertiary/aromatic N) is 1. The molecule has 0 radical (unpaired) electrons. The predicted octanol–water partition coefficient (Wildman–Crippen LogP) is 2.10. The van der Waals surface area contributed by atoms with Crippen molar-refractivity contribution >= 4 is 11.6 Å². The van der Waals surface area contributed by atoms with Crippen LogP contribution in [0.3, 0.4) is 0 Å². The number of nitrogens with one attached hydrogen (secondary N) is 1.